The van der Waals surface area contributed by atoms with Crippen LogP contribution in [0.15, 0.2) is 30.5 Å². The zero-order valence-corrected chi connectivity index (χ0v) is 10.3. The van der Waals surface area contributed by atoms with Gasteiger partial charge in [-0.1, -0.05) is 6.07 Å². The molecule has 0 aliphatic heterocycles. The predicted molar refractivity (Wildman–Crippen MR) is 68.1 cm³/mol. The molecule has 0 saturated heterocycles. The highest BCUT2D eigenvalue weighted by atomic mass is 19.1. The first-order chi connectivity index (χ1) is 8.65. The minimum atomic E-state index is -0.282. The Labute approximate surface area is 105 Å². The predicted octanol–water partition coefficient (Wildman–Crippen LogP) is 2.91. The highest BCUT2D eigenvalue weighted by molar-refractivity contribution is 5.37. The third-order valence-corrected chi connectivity index (χ3v) is 3.35. The summed E-state index contributed by atoms with van der Waals surface area (Å²) in [5.41, 5.74) is 8.07. The molecule has 18 heavy (non-hydrogen) atoms. The third kappa shape index (κ3) is 2.04. The van der Waals surface area contributed by atoms with Gasteiger partial charge in [-0.25, -0.2) is 9.07 Å². The van der Waals surface area contributed by atoms with Crippen molar-refractivity contribution in [2.24, 2.45) is 5.73 Å². The first-order valence-corrected chi connectivity index (χ1v) is 6.26. The van der Waals surface area contributed by atoms with E-state index in [9.17, 15) is 4.39 Å². The Morgan fingerprint density at radius 1 is 1.39 bits per heavy atom. The van der Waals surface area contributed by atoms with Gasteiger partial charge in [0.2, 0.25) is 0 Å². The fraction of sp³-hybridized carbons (Fsp3) is 0.357. The van der Waals surface area contributed by atoms with Crippen LogP contribution < -0.4 is 5.73 Å². The van der Waals surface area contributed by atoms with E-state index < -0.39 is 0 Å². The van der Waals surface area contributed by atoms with Gasteiger partial charge in [-0.3, -0.25) is 0 Å². The van der Waals surface area contributed by atoms with E-state index in [4.69, 9.17) is 5.73 Å². The molecule has 94 valence electrons. The fourth-order valence-electron chi connectivity index (χ4n) is 2.06. The molecule has 1 unspecified atom stereocenters. The molecule has 1 heterocycles. The number of aromatic nitrogens is 2. The number of nitrogens with two attached hydrogens (primary N) is 1. The van der Waals surface area contributed by atoms with E-state index in [2.05, 4.69) is 5.10 Å². The van der Waals surface area contributed by atoms with Crippen LogP contribution in [0.25, 0.3) is 5.69 Å². The summed E-state index contributed by atoms with van der Waals surface area (Å²) in [7, 11) is 0. The molecule has 3 nitrogen and oxygen atoms in total. The number of nitrogens with zero attached hydrogens (tertiary/aromatic N) is 2. The lowest BCUT2D eigenvalue weighted by Gasteiger charge is -2.08. The molecule has 2 aromatic rings. The molecule has 4 heteroatoms. The van der Waals surface area contributed by atoms with Crippen molar-refractivity contribution in [3.8, 4) is 5.69 Å². The summed E-state index contributed by atoms with van der Waals surface area (Å²) in [4.78, 5) is 0. The Balaban J connectivity index is 1.94. The van der Waals surface area contributed by atoms with Gasteiger partial charge in [-0.15, -0.1) is 0 Å². The molecular formula is C14H16FN3. The fourth-order valence-corrected chi connectivity index (χ4v) is 2.06. The lowest BCUT2D eigenvalue weighted by atomic mass is 10.1. The summed E-state index contributed by atoms with van der Waals surface area (Å²) < 4.78 is 15.6. The van der Waals surface area contributed by atoms with Crippen LogP contribution in [-0.4, -0.2) is 9.78 Å². The van der Waals surface area contributed by atoms with Gasteiger partial charge < -0.3 is 5.73 Å². The van der Waals surface area contributed by atoms with E-state index in [-0.39, 0.29) is 11.9 Å². The molecule has 1 aromatic heterocycles. The van der Waals surface area contributed by atoms with Crippen LogP contribution >= 0.6 is 0 Å². The van der Waals surface area contributed by atoms with E-state index in [1.165, 1.54) is 18.9 Å². The molecular weight excluding hydrogens is 229 g/mol. The molecule has 1 saturated carbocycles. The van der Waals surface area contributed by atoms with Gasteiger partial charge >= 0.3 is 0 Å². The van der Waals surface area contributed by atoms with E-state index in [0.717, 1.165) is 11.3 Å². The average Bonchev–Trinajstić information content (AvgIpc) is 3.08. The summed E-state index contributed by atoms with van der Waals surface area (Å²) in [6.07, 6.45) is 4.21. The van der Waals surface area contributed by atoms with Crippen LogP contribution in [0.1, 0.15) is 43.0 Å². The number of halogens is 1. The zero-order chi connectivity index (χ0) is 12.7. The van der Waals surface area contributed by atoms with Gasteiger partial charge in [0.25, 0.3) is 0 Å². The van der Waals surface area contributed by atoms with Crippen molar-refractivity contribution >= 4 is 0 Å². The van der Waals surface area contributed by atoms with Gasteiger partial charge in [0, 0.05) is 18.2 Å². The summed E-state index contributed by atoms with van der Waals surface area (Å²) in [6.45, 7) is 1.84. The molecule has 2 N–H and O–H groups in total. The Morgan fingerprint density at radius 2 is 2.17 bits per heavy atom. The molecule has 0 spiro atoms. The number of benzene rings is 1. The second kappa shape index (κ2) is 4.21. The molecule has 1 aliphatic rings. The molecule has 1 aromatic carbocycles. The molecule has 0 bridgehead atoms. The quantitative estimate of drug-likeness (QED) is 0.903. The monoisotopic (exact) mass is 245 g/mol. The first-order valence-electron chi connectivity index (χ1n) is 6.26. The number of rotatable bonds is 3. The van der Waals surface area contributed by atoms with Crippen molar-refractivity contribution in [2.45, 2.75) is 31.7 Å². The molecule has 1 fully saturated rings. The molecule has 1 atom stereocenters. The maximum atomic E-state index is 14.0. The summed E-state index contributed by atoms with van der Waals surface area (Å²) >= 11 is 0. The number of hydrogen-bond donors (Lipinski definition) is 1. The van der Waals surface area contributed by atoms with Crippen molar-refractivity contribution in [3.05, 3.63) is 47.5 Å². The van der Waals surface area contributed by atoms with Gasteiger partial charge in [0.15, 0.2) is 0 Å². The second-order valence-corrected chi connectivity index (χ2v) is 4.96. The van der Waals surface area contributed by atoms with Gasteiger partial charge in [-0.2, -0.15) is 5.10 Å². The minimum absolute atomic E-state index is 0.159. The highest BCUT2D eigenvalue weighted by Crippen LogP contribution is 2.39. The Morgan fingerprint density at radius 3 is 2.78 bits per heavy atom. The molecule has 0 radical (unpaired) electrons. The van der Waals surface area contributed by atoms with Crippen LogP contribution in [0.2, 0.25) is 0 Å². The van der Waals surface area contributed by atoms with Crippen LogP contribution in [0.5, 0.6) is 0 Å². The molecule has 0 amide bonds. The Bertz CT molecular complexity index is 570. The van der Waals surface area contributed by atoms with Gasteiger partial charge in [-0.05, 0) is 43.5 Å². The van der Waals surface area contributed by atoms with Crippen molar-refractivity contribution in [2.75, 3.05) is 0 Å². The largest absolute Gasteiger partial charge is 0.324 e. The molecule has 1 aliphatic carbocycles. The van der Waals surface area contributed by atoms with Crippen LogP contribution in [0.4, 0.5) is 4.39 Å². The Kier molecular flexibility index (Phi) is 2.67. The van der Waals surface area contributed by atoms with E-state index in [0.29, 0.717) is 11.6 Å². The topological polar surface area (TPSA) is 43.8 Å². The summed E-state index contributed by atoms with van der Waals surface area (Å²) in [5.74, 6) is 0.299. The average molecular weight is 245 g/mol. The number of hydrogen-bond acceptors (Lipinski definition) is 2. The standard InChI is InChI=1S/C14H16FN3/c1-9(16)11-4-5-14(12(15)8-11)18-7-6-13(17-18)10-2-3-10/h4-10H,2-3,16H2,1H3. The highest BCUT2D eigenvalue weighted by Gasteiger charge is 2.26. The summed E-state index contributed by atoms with van der Waals surface area (Å²) in [6, 6.07) is 6.88. The van der Waals surface area contributed by atoms with Crippen molar-refractivity contribution in [3.63, 3.8) is 0 Å². The van der Waals surface area contributed by atoms with Crippen molar-refractivity contribution in [1.29, 1.82) is 0 Å². The van der Waals surface area contributed by atoms with E-state index >= 15 is 0 Å². The van der Waals surface area contributed by atoms with Crippen LogP contribution in [0, 0.1) is 5.82 Å². The maximum Gasteiger partial charge on any atom is 0.149 e. The normalized spacial score (nSPS) is 16.8. The third-order valence-electron chi connectivity index (χ3n) is 3.35. The van der Waals surface area contributed by atoms with E-state index in [1.54, 1.807) is 10.7 Å². The van der Waals surface area contributed by atoms with Crippen molar-refractivity contribution in [1.82, 2.24) is 9.78 Å². The van der Waals surface area contributed by atoms with Gasteiger partial charge in [0.05, 0.1) is 5.69 Å². The van der Waals surface area contributed by atoms with Crippen LogP contribution in [0.3, 0.4) is 0 Å². The Hall–Kier alpha value is -1.68. The summed E-state index contributed by atoms with van der Waals surface area (Å²) in [5, 5.41) is 4.42. The van der Waals surface area contributed by atoms with Crippen molar-refractivity contribution < 1.29 is 4.39 Å². The van der Waals surface area contributed by atoms with Crippen LogP contribution in [-0.2, 0) is 0 Å². The second-order valence-electron chi connectivity index (χ2n) is 4.96. The maximum absolute atomic E-state index is 14.0. The zero-order valence-electron chi connectivity index (χ0n) is 10.3. The molecule has 3 rings (SSSR count). The smallest absolute Gasteiger partial charge is 0.149 e. The van der Waals surface area contributed by atoms with Gasteiger partial charge in [0.1, 0.15) is 11.5 Å². The SMILES string of the molecule is CC(N)c1ccc(-n2ccc(C3CC3)n2)c(F)c1. The minimum Gasteiger partial charge on any atom is -0.324 e. The lowest BCUT2D eigenvalue weighted by molar-refractivity contribution is 0.604. The first kappa shape index (κ1) is 11.4. The van der Waals surface area contributed by atoms with E-state index in [1.807, 2.05) is 25.3 Å². The lowest BCUT2D eigenvalue weighted by Crippen LogP contribution is -2.07.